The van der Waals surface area contributed by atoms with Crippen LogP contribution in [0.4, 0.5) is 0 Å². The van der Waals surface area contributed by atoms with Gasteiger partial charge in [-0.1, -0.05) is 153 Å². The van der Waals surface area contributed by atoms with Crippen molar-refractivity contribution in [2.75, 3.05) is 0 Å². The van der Waals surface area contributed by atoms with Gasteiger partial charge >= 0.3 is 11.9 Å². The number of rotatable bonds is 26. The maximum Gasteiger partial charge on any atom is 0.311 e. The van der Waals surface area contributed by atoms with Gasteiger partial charge in [-0.25, -0.2) is 0 Å². The normalized spacial score (nSPS) is 13.6. The average molecular weight is 713 g/mol. The molecule has 3 aromatic rings. The first-order chi connectivity index (χ1) is 25.6. The zero-order chi connectivity index (χ0) is 36.6. The van der Waals surface area contributed by atoms with Crippen LogP contribution in [0.3, 0.4) is 0 Å². The van der Waals surface area contributed by atoms with Gasteiger partial charge in [-0.05, 0) is 55.0 Å². The number of unbranched alkanes of at least 4 members (excludes halogenated alkanes) is 16. The van der Waals surface area contributed by atoms with Crippen LogP contribution in [0.1, 0.15) is 171 Å². The van der Waals surface area contributed by atoms with Crippen molar-refractivity contribution in [3.63, 3.8) is 0 Å². The minimum atomic E-state index is -0.320. The molecule has 1 atom stereocenters. The molecule has 284 valence electrons. The molecule has 1 aliphatic heterocycles. The molecular formula is C46H64O6. The van der Waals surface area contributed by atoms with Crippen LogP contribution in [0.2, 0.25) is 0 Å². The predicted molar refractivity (Wildman–Crippen MR) is 210 cm³/mol. The molecule has 0 N–H and O–H groups in total. The van der Waals surface area contributed by atoms with E-state index in [0.717, 1.165) is 79.6 Å². The molecule has 0 spiro atoms. The second-order valence-corrected chi connectivity index (χ2v) is 14.5. The molecule has 0 bridgehead atoms. The van der Waals surface area contributed by atoms with Crippen LogP contribution < -0.4 is 18.9 Å². The summed E-state index contributed by atoms with van der Waals surface area (Å²) in [6.07, 6.45) is 23.3. The predicted octanol–water partition coefficient (Wildman–Crippen LogP) is 13.0. The maximum absolute atomic E-state index is 13.1. The second kappa shape index (κ2) is 24.4. The van der Waals surface area contributed by atoms with E-state index in [-0.39, 0.29) is 18.0 Å². The van der Waals surface area contributed by atoms with Gasteiger partial charge in [-0.15, -0.1) is 0 Å². The van der Waals surface area contributed by atoms with Crippen LogP contribution >= 0.6 is 0 Å². The van der Waals surface area contributed by atoms with Gasteiger partial charge in [-0.3, -0.25) is 9.59 Å². The van der Waals surface area contributed by atoms with Crippen LogP contribution in [0.15, 0.2) is 66.7 Å². The van der Waals surface area contributed by atoms with E-state index in [9.17, 15) is 9.59 Å². The molecule has 0 aliphatic carbocycles. The minimum absolute atomic E-state index is 0.256. The molecule has 0 saturated carbocycles. The van der Waals surface area contributed by atoms with Crippen LogP contribution in [0.25, 0.3) is 0 Å². The fraction of sp³-hybridized carbons (Fsp3) is 0.565. The monoisotopic (exact) mass is 712 g/mol. The molecule has 0 fully saturated rings. The number of aryl methyl sites for hydroxylation is 1. The first-order valence-corrected chi connectivity index (χ1v) is 20.6. The third kappa shape index (κ3) is 15.4. The van der Waals surface area contributed by atoms with Crippen molar-refractivity contribution in [2.45, 2.75) is 168 Å². The summed E-state index contributed by atoms with van der Waals surface area (Å²) in [4.78, 5) is 25.9. The van der Waals surface area contributed by atoms with Gasteiger partial charge < -0.3 is 18.9 Å². The van der Waals surface area contributed by atoms with Crippen molar-refractivity contribution in [2.24, 2.45) is 0 Å². The van der Waals surface area contributed by atoms with Crippen molar-refractivity contribution in [3.8, 4) is 23.0 Å². The number of fused-ring (bicyclic) bond motifs is 1. The fourth-order valence-electron chi connectivity index (χ4n) is 6.85. The number of hydrogen-bond donors (Lipinski definition) is 0. The highest BCUT2D eigenvalue weighted by Crippen LogP contribution is 2.41. The highest BCUT2D eigenvalue weighted by Gasteiger charge is 2.26. The number of carbonyl (C=O) groups is 2. The molecule has 1 aliphatic rings. The number of hydrogen-bond acceptors (Lipinski definition) is 6. The van der Waals surface area contributed by atoms with Crippen LogP contribution in [0.5, 0.6) is 23.0 Å². The first kappa shape index (κ1) is 41.0. The highest BCUT2D eigenvalue weighted by atomic mass is 16.5. The smallest absolute Gasteiger partial charge is 0.311 e. The van der Waals surface area contributed by atoms with Gasteiger partial charge in [0.1, 0.15) is 35.7 Å². The van der Waals surface area contributed by atoms with Crippen molar-refractivity contribution in [1.82, 2.24) is 0 Å². The van der Waals surface area contributed by atoms with Crippen molar-refractivity contribution in [3.05, 3.63) is 83.4 Å². The lowest BCUT2D eigenvalue weighted by Crippen LogP contribution is -2.18. The minimum Gasteiger partial charge on any atom is -0.489 e. The standard InChI is InChI=1S/C46H64O6/c1-3-5-7-9-11-13-15-17-22-26-45(47)50-40-31-32-41(44(35-40)52-46(48)27-23-18-16-14-12-10-8-6-4-2)42-33-29-38-28-30-39(34-43(38)51-42)49-36-37-24-20-19-21-25-37/h19-21,24-25,28,30-32,34-35,42H,3-18,22-23,26-27,29,33,36H2,1-2H3. The fourth-order valence-corrected chi connectivity index (χ4v) is 6.85. The molecule has 0 saturated heterocycles. The Balaban J connectivity index is 1.34. The van der Waals surface area contributed by atoms with Crippen LogP contribution in [-0.2, 0) is 22.6 Å². The van der Waals surface area contributed by atoms with Gasteiger partial charge in [0, 0.05) is 30.5 Å². The highest BCUT2D eigenvalue weighted by molar-refractivity contribution is 5.74. The van der Waals surface area contributed by atoms with Gasteiger partial charge in [0.05, 0.1) is 0 Å². The largest absolute Gasteiger partial charge is 0.489 e. The van der Waals surface area contributed by atoms with E-state index in [0.29, 0.717) is 30.9 Å². The van der Waals surface area contributed by atoms with E-state index < -0.39 is 0 Å². The quantitative estimate of drug-likeness (QED) is 0.0469. The summed E-state index contributed by atoms with van der Waals surface area (Å²) in [5, 5.41) is 0. The zero-order valence-corrected chi connectivity index (χ0v) is 32.1. The summed E-state index contributed by atoms with van der Waals surface area (Å²) in [5.41, 5.74) is 3.00. The summed E-state index contributed by atoms with van der Waals surface area (Å²) < 4.78 is 24.4. The number of ether oxygens (including phenoxy) is 4. The summed E-state index contributed by atoms with van der Waals surface area (Å²) in [5.74, 6) is 1.78. The molecule has 4 rings (SSSR count). The maximum atomic E-state index is 13.1. The van der Waals surface area contributed by atoms with E-state index in [4.69, 9.17) is 18.9 Å². The third-order valence-corrected chi connectivity index (χ3v) is 9.99. The van der Waals surface area contributed by atoms with Crippen LogP contribution in [-0.4, -0.2) is 11.9 Å². The lowest BCUT2D eigenvalue weighted by atomic mass is 9.96. The SMILES string of the molecule is CCCCCCCCCCCC(=O)Oc1ccc(C2CCc3ccc(OCc4ccccc4)cc3O2)c(OC(=O)CCCCCCCCCCC)c1. The van der Waals surface area contributed by atoms with Gasteiger partial charge in [0.15, 0.2) is 0 Å². The van der Waals surface area contributed by atoms with Gasteiger partial charge in [-0.2, -0.15) is 0 Å². The molecule has 6 nitrogen and oxygen atoms in total. The van der Waals surface area contributed by atoms with Gasteiger partial charge in [0.25, 0.3) is 0 Å². The van der Waals surface area contributed by atoms with Gasteiger partial charge in [0.2, 0.25) is 0 Å². The van der Waals surface area contributed by atoms with Crippen molar-refractivity contribution >= 4 is 11.9 Å². The molecule has 52 heavy (non-hydrogen) atoms. The summed E-state index contributed by atoms with van der Waals surface area (Å²) in [6.45, 7) is 4.95. The molecule has 0 aromatic heterocycles. The van der Waals surface area contributed by atoms with Crippen LogP contribution in [0, 0.1) is 0 Å². The Kier molecular flexibility index (Phi) is 19.3. The number of benzene rings is 3. The molecule has 6 heteroatoms. The Hall–Kier alpha value is -3.80. The Labute approximate surface area is 314 Å². The number of esters is 2. The molecule has 1 unspecified atom stereocenters. The Morgan fingerprint density at radius 1 is 0.615 bits per heavy atom. The molecule has 0 amide bonds. The lowest BCUT2D eigenvalue weighted by molar-refractivity contribution is -0.135. The Bertz CT molecular complexity index is 1450. The Morgan fingerprint density at radius 2 is 1.17 bits per heavy atom. The second-order valence-electron chi connectivity index (χ2n) is 14.5. The summed E-state index contributed by atoms with van der Waals surface area (Å²) >= 11 is 0. The third-order valence-electron chi connectivity index (χ3n) is 9.99. The number of carbonyl (C=O) groups excluding carboxylic acids is 2. The van der Waals surface area contributed by atoms with E-state index in [1.807, 2.05) is 48.5 Å². The van der Waals surface area contributed by atoms with E-state index in [1.54, 1.807) is 12.1 Å². The summed E-state index contributed by atoms with van der Waals surface area (Å²) in [7, 11) is 0. The topological polar surface area (TPSA) is 71.1 Å². The summed E-state index contributed by atoms with van der Waals surface area (Å²) in [6, 6.07) is 21.5. The van der Waals surface area contributed by atoms with E-state index >= 15 is 0 Å². The molecule has 3 aromatic carbocycles. The first-order valence-electron chi connectivity index (χ1n) is 20.6. The zero-order valence-electron chi connectivity index (χ0n) is 32.1. The van der Waals surface area contributed by atoms with E-state index in [2.05, 4.69) is 19.9 Å². The molecular weight excluding hydrogens is 648 g/mol. The Morgan fingerprint density at radius 3 is 1.79 bits per heavy atom. The molecule has 0 radical (unpaired) electrons. The average Bonchev–Trinajstić information content (AvgIpc) is 3.16. The van der Waals surface area contributed by atoms with Crippen molar-refractivity contribution < 1.29 is 28.5 Å². The molecule has 1 heterocycles. The lowest BCUT2D eigenvalue weighted by Gasteiger charge is -2.28. The van der Waals surface area contributed by atoms with E-state index in [1.165, 1.54) is 77.0 Å². The van der Waals surface area contributed by atoms with Crippen molar-refractivity contribution in [1.29, 1.82) is 0 Å².